The largest absolute Gasteiger partial charge is 0.446 e. The van der Waals surface area contributed by atoms with Crippen LogP contribution in [0.15, 0.2) is 24.4 Å². The van der Waals surface area contributed by atoms with Gasteiger partial charge in [0.25, 0.3) is 0 Å². The number of aromatic amines is 1. The molecule has 0 spiro atoms. The van der Waals surface area contributed by atoms with Crippen molar-refractivity contribution < 1.29 is 14.3 Å². The van der Waals surface area contributed by atoms with E-state index < -0.39 is 0 Å². The van der Waals surface area contributed by atoms with Gasteiger partial charge in [-0.3, -0.25) is 14.9 Å². The summed E-state index contributed by atoms with van der Waals surface area (Å²) in [6, 6.07) is 5.64. The lowest BCUT2D eigenvalue weighted by molar-refractivity contribution is -0.115. The first-order valence-corrected chi connectivity index (χ1v) is 9.63. The number of carbonyl (C=O) groups is 2. The van der Waals surface area contributed by atoms with Crippen molar-refractivity contribution in [1.29, 1.82) is 0 Å². The van der Waals surface area contributed by atoms with Crippen LogP contribution < -0.4 is 5.32 Å². The standard InChI is InChI=1S/C20H27N5O3/c1-4-25(3)20(27)28-16-8-7-15(10-16)17-11-18(24-23-17)22-19(26)9-14-6-5-13(2)21-12-14/h5-6,11-12,15-16H,4,7-10H2,1-3H3,(H2,22,23,24,26)/t15-,16+/m0/s1. The Balaban J connectivity index is 1.50. The van der Waals surface area contributed by atoms with Gasteiger partial charge in [0.15, 0.2) is 5.82 Å². The molecule has 8 nitrogen and oxygen atoms in total. The molecule has 2 aromatic heterocycles. The molecule has 0 unspecified atom stereocenters. The predicted molar refractivity (Wildman–Crippen MR) is 105 cm³/mol. The van der Waals surface area contributed by atoms with Crippen molar-refractivity contribution in [2.45, 2.75) is 51.6 Å². The molecular formula is C20H27N5O3. The molecule has 3 rings (SSSR count). The molecule has 1 saturated carbocycles. The molecule has 28 heavy (non-hydrogen) atoms. The average Bonchev–Trinajstić information content (AvgIpc) is 3.32. The van der Waals surface area contributed by atoms with Crippen LogP contribution in [0, 0.1) is 6.92 Å². The first-order chi connectivity index (χ1) is 13.4. The van der Waals surface area contributed by atoms with Gasteiger partial charge in [0.2, 0.25) is 5.91 Å². The number of hydrogen-bond acceptors (Lipinski definition) is 5. The second-order valence-corrected chi connectivity index (χ2v) is 7.27. The summed E-state index contributed by atoms with van der Waals surface area (Å²) in [5, 5.41) is 10.0. The molecule has 0 saturated heterocycles. The van der Waals surface area contributed by atoms with Crippen LogP contribution >= 0.6 is 0 Å². The minimum absolute atomic E-state index is 0.0816. The highest BCUT2D eigenvalue weighted by molar-refractivity contribution is 5.91. The molecule has 0 radical (unpaired) electrons. The zero-order valence-electron chi connectivity index (χ0n) is 16.6. The third-order valence-electron chi connectivity index (χ3n) is 5.08. The van der Waals surface area contributed by atoms with Crippen molar-refractivity contribution in [2.24, 2.45) is 0 Å². The molecule has 2 atom stereocenters. The van der Waals surface area contributed by atoms with Gasteiger partial charge >= 0.3 is 6.09 Å². The average molecular weight is 385 g/mol. The monoisotopic (exact) mass is 385 g/mol. The maximum atomic E-state index is 12.2. The number of aryl methyl sites for hydroxylation is 1. The van der Waals surface area contributed by atoms with Crippen LogP contribution in [0.3, 0.4) is 0 Å². The number of nitrogens with zero attached hydrogens (tertiary/aromatic N) is 3. The number of H-pyrrole nitrogens is 1. The number of amides is 2. The maximum absolute atomic E-state index is 12.2. The van der Waals surface area contributed by atoms with Gasteiger partial charge in [0, 0.05) is 43.2 Å². The lowest BCUT2D eigenvalue weighted by Gasteiger charge is -2.18. The van der Waals surface area contributed by atoms with E-state index in [1.54, 1.807) is 18.1 Å². The fourth-order valence-electron chi connectivity index (χ4n) is 3.28. The van der Waals surface area contributed by atoms with Crippen molar-refractivity contribution in [1.82, 2.24) is 20.1 Å². The van der Waals surface area contributed by atoms with E-state index in [9.17, 15) is 9.59 Å². The smallest absolute Gasteiger partial charge is 0.409 e. The Morgan fingerprint density at radius 3 is 2.89 bits per heavy atom. The Morgan fingerprint density at radius 2 is 2.18 bits per heavy atom. The number of ether oxygens (including phenoxy) is 1. The number of rotatable bonds is 6. The molecule has 8 heteroatoms. The molecule has 150 valence electrons. The van der Waals surface area contributed by atoms with Crippen molar-refractivity contribution >= 4 is 17.8 Å². The summed E-state index contributed by atoms with van der Waals surface area (Å²) in [5.41, 5.74) is 2.73. The van der Waals surface area contributed by atoms with Crippen LogP contribution in [0.2, 0.25) is 0 Å². The summed E-state index contributed by atoms with van der Waals surface area (Å²) < 4.78 is 5.54. The molecule has 2 N–H and O–H groups in total. The molecular weight excluding hydrogens is 358 g/mol. The minimum atomic E-state index is -0.281. The van der Waals surface area contributed by atoms with E-state index >= 15 is 0 Å². The van der Waals surface area contributed by atoms with Gasteiger partial charge in [-0.05, 0) is 44.7 Å². The second kappa shape index (κ2) is 8.86. The van der Waals surface area contributed by atoms with E-state index in [2.05, 4.69) is 20.5 Å². The molecule has 0 bridgehead atoms. The normalized spacial score (nSPS) is 18.7. The Hall–Kier alpha value is -2.90. The molecule has 1 aliphatic rings. The predicted octanol–water partition coefficient (Wildman–Crippen LogP) is 3.02. The van der Waals surface area contributed by atoms with Crippen molar-refractivity contribution in [3.8, 4) is 0 Å². The first-order valence-electron chi connectivity index (χ1n) is 9.63. The zero-order valence-corrected chi connectivity index (χ0v) is 16.6. The third-order valence-corrected chi connectivity index (χ3v) is 5.08. The number of anilines is 1. The summed E-state index contributed by atoms with van der Waals surface area (Å²) in [6.07, 6.45) is 4.10. The van der Waals surface area contributed by atoms with Gasteiger partial charge < -0.3 is 15.0 Å². The quantitative estimate of drug-likeness (QED) is 0.796. The summed E-state index contributed by atoms with van der Waals surface area (Å²) in [6.45, 7) is 4.44. The second-order valence-electron chi connectivity index (χ2n) is 7.27. The van der Waals surface area contributed by atoms with Crippen LogP contribution in [0.25, 0.3) is 0 Å². The van der Waals surface area contributed by atoms with Crippen LogP contribution in [0.1, 0.15) is 49.1 Å². The Bertz CT molecular complexity index is 818. The van der Waals surface area contributed by atoms with Gasteiger partial charge in [0.1, 0.15) is 6.10 Å². The summed E-state index contributed by atoms with van der Waals surface area (Å²) >= 11 is 0. The van der Waals surface area contributed by atoms with E-state index in [4.69, 9.17) is 4.74 Å². The Morgan fingerprint density at radius 1 is 1.36 bits per heavy atom. The van der Waals surface area contributed by atoms with E-state index in [1.807, 2.05) is 32.0 Å². The summed E-state index contributed by atoms with van der Waals surface area (Å²) in [4.78, 5) is 29.9. The SMILES string of the molecule is CCN(C)C(=O)O[C@@H]1CC[C@H](c2cc(NC(=O)Cc3ccc(C)nc3)n[nH]2)C1. The summed E-state index contributed by atoms with van der Waals surface area (Å²) in [7, 11) is 1.73. The van der Waals surface area contributed by atoms with Crippen LogP contribution in [-0.4, -0.2) is 51.8 Å². The fourth-order valence-corrected chi connectivity index (χ4v) is 3.28. The molecule has 2 amide bonds. The van der Waals surface area contributed by atoms with Crippen molar-refractivity contribution in [2.75, 3.05) is 18.9 Å². The Labute approximate surface area is 164 Å². The molecule has 0 aromatic carbocycles. The highest BCUT2D eigenvalue weighted by atomic mass is 16.6. The number of nitrogens with one attached hydrogen (secondary N) is 2. The van der Waals surface area contributed by atoms with Gasteiger partial charge in [-0.25, -0.2) is 4.79 Å². The van der Waals surface area contributed by atoms with Gasteiger partial charge in [-0.1, -0.05) is 6.07 Å². The van der Waals surface area contributed by atoms with E-state index in [0.29, 0.717) is 12.4 Å². The zero-order chi connectivity index (χ0) is 20.1. The van der Waals surface area contributed by atoms with Crippen LogP contribution in [0.5, 0.6) is 0 Å². The van der Waals surface area contributed by atoms with Crippen molar-refractivity contribution in [3.05, 3.63) is 41.3 Å². The fraction of sp³-hybridized carbons (Fsp3) is 0.500. The topological polar surface area (TPSA) is 100 Å². The lowest BCUT2D eigenvalue weighted by Crippen LogP contribution is -2.30. The van der Waals surface area contributed by atoms with Crippen LogP contribution in [0.4, 0.5) is 10.6 Å². The summed E-state index contributed by atoms with van der Waals surface area (Å²) in [5.74, 6) is 0.611. The van der Waals surface area contributed by atoms with Gasteiger partial charge in [-0.2, -0.15) is 5.10 Å². The number of carbonyl (C=O) groups excluding carboxylic acids is 2. The number of hydrogen-bond donors (Lipinski definition) is 2. The van der Waals surface area contributed by atoms with Crippen molar-refractivity contribution in [3.63, 3.8) is 0 Å². The minimum Gasteiger partial charge on any atom is -0.446 e. The molecule has 2 aromatic rings. The maximum Gasteiger partial charge on any atom is 0.409 e. The highest BCUT2D eigenvalue weighted by Gasteiger charge is 2.30. The Kier molecular flexibility index (Phi) is 6.28. The molecule has 1 fully saturated rings. The highest BCUT2D eigenvalue weighted by Crippen LogP contribution is 2.36. The third kappa shape index (κ3) is 5.09. The number of aromatic nitrogens is 3. The molecule has 2 heterocycles. The van der Waals surface area contributed by atoms with Crippen LogP contribution in [-0.2, 0) is 16.0 Å². The van der Waals surface area contributed by atoms with E-state index in [-0.39, 0.29) is 30.4 Å². The molecule has 0 aliphatic heterocycles. The lowest BCUT2D eigenvalue weighted by atomic mass is 10.0. The molecule has 1 aliphatic carbocycles. The van der Waals surface area contributed by atoms with Gasteiger partial charge in [-0.15, -0.1) is 0 Å². The van der Waals surface area contributed by atoms with E-state index in [0.717, 1.165) is 36.2 Å². The number of pyridine rings is 1. The first kappa shape index (κ1) is 19.9. The van der Waals surface area contributed by atoms with E-state index in [1.165, 1.54) is 0 Å². The van der Waals surface area contributed by atoms with Gasteiger partial charge in [0.05, 0.1) is 6.42 Å².